The van der Waals surface area contributed by atoms with Crippen molar-refractivity contribution >= 4 is 40.0 Å². The summed E-state index contributed by atoms with van der Waals surface area (Å²) in [5.41, 5.74) is 2.64. The van der Waals surface area contributed by atoms with Crippen LogP contribution in [0, 0.1) is 6.92 Å². The van der Waals surface area contributed by atoms with E-state index < -0.39 is 0 Å². The number of thioether (sulfide) groups is 1. The highest BCUT2D eigenvalue weighted by molar-refractivity contribution is 8.00. The second kappa shape index (κ2) is 8.23. The van der Waals surface area contributed by atoms with Crippen molar-refractivity contribution in [1.82, 2.24) is 25.1 Å². The quantitative estimate of drug-likeness (QED) is 0.410. The maximum atomic E-state index is 12.9. The Balaban J connectivity index is 1.30. The highest BCUT2D eigenvalue weighted by Gasteiger charge is 2.26. The Morgan fingerprint density at radius 3 is 3.03 bits per heavy atom. The molecule has 9 heteroatoms. The Hall–Kier alpha value is -2.65. The van der Waals surface area contributed by atoms with Gasteiger partial charge in [-0.1, -0.05) is 30.0 Å². The lowest BCUT2D eigenvalue weighted by Crippen LogP contribution is -2.26. The van der Waals surface area contributed by atoms with Gasteiger partial charge in [-0.2, -0.15) is 0 Å². The molecule has 1 aliphatic carbocycles. The van der Waals surface area contributed by atoms with E-state index in [1.807, 2.05) is 36.6 Å². The zero-order valence-corrected chi connectivity index (χ0v) is 18.1. The molecule has 154 valence electrons. The van der Waals surface area contributed by atoms with E-state index in [-0.39, 0.29) is 5.91 Å². The standard InChI is InChI=1S/C21H21N5O2S2/c1-13-10-29-21(24-13)30-11-16-15-4-2-3-5-17(15)28-19(16)20(27)22-9-8-18-25-23-12-26(18)14-6-7-14/h2-5,10,12,14H,6-9,11H2,1H3,(H,22,27). The molecule has 0 radical (unpaired) electrons. The maximum Gasteiger partial charge on any atom is 0.287 e. The number of aryl methyl sites for hydroxylation is 1. The molecule has 1 amide bonds. The number of carbonyl (C=O) groups is 1. The van der Waals surface area contributed by atoms with Crippen LogP contribution in [-0.2, 0) is 12.2 Å². The number of fused-ring (bicyclic) bond motifs is 1. The number of nitrogens with one attached hydrogen (secondary N) is 1. The first kappa shape index (κ1) is 19.3. The number of benzene rings is 1. The van der Waals surface area contributed by atoms with Gasteiger partial charge in [0.05, 0.1) is 0 Å². The number of aromatic nitrogens is 4. The van der Waals surface area contributed by atoms with Crippen molar-refractivity contribution in [3.05, 3.63) is 58.8 Å². The summed E-state index contributed by atoms with van der Waals surface area (Å²) in [5, 5.41) is 14.2. The monoisotopic (exact) mass is 439 g/mol. The predicted octanol–water partition coefficient (Wildman–Crippen LogP) is 4.39. The van der Waals surface area contributed by atoms with Gasteiger partial charge in [-0.05, 0) is 25.8 Å². The minimum Gasteiger partial charge on any atom is -0.451 e. The minimum absolute atomic E-state index is 0.199. The number of thiazole rings is 1. The predicted molar refractivity (Wildman–Crippen MR) is 117 cm³/mol. The van der Waals surface area contributed by atoms with Gasteiger partial charge in [0.1, 0.15) is 22.1 Å². The third-order valence-corrected chi connectivity index (χ3v) is 7.23. The van der Waals surface area contributed by atoms with Crippen LogP contribution in [0.1, 0.15) is 46.5 Å². The minimum atomic E-state index is -0.199. The highest BCUT2D eigenvalue weighted by atomic mass is 32.2. The van der Waals surface area contributed by atoms with E-state index in [1.165, 1.54) is 12.8 Å². The molecule has 30 heavy (non-hydrogen) atoms. The Morgan fingerprint density at radius 2 is 2.23 bits per heavy atom. The number of rotatable bonds is 8. The van der Waals surface area contributed by atoms with E-state index in [1.54, 1.807) is 29.4 Å². The van der Waals surface area contributed by atoms with Crippen LogP contribution >= 0.6 is 23.1 Å². The first-order valence-electron chi connectivity index (χ1n) is 9.91. The molecule has 0 unspecified atom stereocenters. The molecule has 3 aromatic heterocycles. The summed E-state index contributed by atoms with van der Waals surface area (Å²) in [6.45, 7) is 2.47. The molecule has 1 N–H and O–H groups in total. The number of nitrogens with zero attached hydrogens (tertiary/aromatic N) is 4. The van der Waals surface area contributed by atoms with Crippen LogP contribution in [0.5, 0.6) is 0 Å². The summed E-state index contributed by atoms with van der Waals surface area (Å²) in [7, 11) is 0. The fourth-order valence-corrected chi connectivity index (χ4v) is 5.31. The van der Waals surface area contributed by atoms with Gasteiger partial charge in [-0.25, -0.2) is 4.98 Å². The number of hydrogen-bond donors (Lipinski definition) is 1. The Bertz CT molecular complexity index is 1190. The van der Waals surface area contributed by atoms with Crippen molar-refractivity contribution < 1.29 is 9.21 Å². The largest absolute Gasteiger partial charge is 0.451 e. The summed E-state index contributed by atoms with van der Waals surface area (Å²) in [6, 6.07) is 8.30. The van der Waals surface area contributed by atoms with Crippen molar-refractivity contribution in [2.24, 2.45) is 0 Å². The second-order valence-electron chi connectivity index (χ2n) is 7.34. The molecule has 0 spiro atoms. The summed E-state index contributed by atoms with van der Waals surface area (Å²) >= 11 is 3.24. The van der Waals surface area contributed by atoms with Gasteiger partial charge < -0.3 is 14.3 Å². The maximum absolute atomic E-state index is 12.9. The Morgan fingerprint density at radius 1 is 1.37 bits per heavy atom. The summed E-state index contributed by atoms with van der Waals surface area (Å²) in [4.78, 5) is 17.4. The molecule has 1 fully saturated rings. The SMILES string of the molecule is Cc1csc(SCc2c(C(=O)NCCc3nncn3C3CC3)oc3ccccc23)n1. The van der Waals surface area contributed by atoms with Crippen LogP contribution in [0.4, 0.5) is 0 Å². The zero-order chi connectivity index (χ0) is 20.5. The van der Waals surface area contributed by atoms with Gasteiger partial charge in [0, 0.05) is 46.8 Å². The molecular weight excluding hydrogens is 418 g/mol. The number of furan rings is 1. The van der Waals surface area contributed by atoms with Crippen molar-refractivity contribution in [3.63, 3.8) is 0 Å². The van der Waals surface area contributed by atoms with E-state index >= 15 is 0 Å². The van der Waals surface area contributed by atoms with Crippen LogP contribution in [0.2, 0.25) is 0 Å². The van der Waals surface area contributed by atoms with Gasteiger partial charge in [-0.3, -0.25) is 4.79 Å². The average molecular weight is 440 g/mol. The average Bonchev–Trinajstić information content (AvgIpc) is 3.17. The molecule has 1 saturated carbocycles. The van der Waals surface area contributed by atoms with E-state index in [4.69, 9.17) is 4.42 Å². The number of hydrogen-bond acceptors (Lipinski definition) is 7. The molecule has 0 atom stereocenters. The van der Waals surface area contributed by atoms with Gasteiger partial charge in [-0.15, -0.1) is 21.5 Å². The fraction of sp³-hybridized carbons (Fsp3) is 0.333. The smallest absolute Gasteiger partial charge is 0.287 e. The van der Waals surface area contributed by atoms with Crippen molar-refractivity contribution in [1.29, 1.82) is 0 Å². The number of para-hydroxylation sites is 1. The van der Waals surface area contributed by atoms with Crippen LogP contribution in [0.15, 0.2) is 44.7 Å². The molecule has 1 aromatic carbocycles. The van der Waals surface area contributed by atoms with Gasteiger partial charge in [0.2, 0.25) is 0 Å². The molecule has 0 aliphatic heterocycles. The number of amides is 1. The summed E-state index contributed by atoms with van der Waals surface area (Å²) < 4.78 is 9.04. The summed E-state index contributed by atoms with van der Waals surface area (Å²) in [5.74, 6) is 1.72. The lowest BCUT2D eigenvalue weighted by atomic mass is 10.1. The molecule has 0 bridgehead atoms. The normalized spacial score (nSPS) is 13.8. The Kier molecular flexibility index (Phi) is 5.30. The van der Waals surface area contributed by atoms with Crippen molar-refractivity contribution in [2.75, 3.05) is 6.54 Å². The van der Waals surface area contributed by atoms with E-state index in [0.29, 0.717) is 30.5 Å². The van der Waals surface area contributed by atoms with Crippen molar-refractivity contribution in [3.8, 4) is 0 Å². The van der Waals surface area contributed by atoms with E-state index in [2.05, 4.69) is 25.1 Å². The topological polar surface area (TPSA) is 85.8 Å². The van der Waals surface area contributed by atoms with E-state index in [9.17, 15) is 4.79 Å². The van der Waals surface area contributed by atoms with Crippen LogP contribution < -0.4 is 5.32 Å². The van der Waals surface area contributed by atoms with Gasteiger partial charge in [0.25, 0.3) is 5.91 Å². The summed E-state index contributed by atoms with van der Waals surface area (Å²) in [6.07, 6.45) is 4.78. The van der Waals surface area contributed by atoms with Crippen LogP contribution in [0.25, 0.3) is 11.0 Å². The fourth-order valence-electron chi connectivity index (χ4n) is 3.43. The first-order chi connectivity index (χ1) is 14.7. The lowest BCUT2D eigenvalue weighted by Gasteiger charge is -2.06. The molecular formula is C21H21N5O2S2. The van der Waals surface area contributed by atoms with E-state index in [0.717, 1.165) is 32.4 Å². The molecule has 1 aliphatic rings. The molecule has 4 aromatic rings. The zero-order valence-electron chi connectivity index (χ0n) is 16.5. The third kappa shape index (κ3) is 3.99. The van der Waals surface area contributed by atoms with Gasteiger partial charge >= 0.3 is 0 Å². The Labute approximate surface area is 181 Å². The second-order valence-corrected chi connectivity index (χ2v) is 9.42. The first-order valence-corrected chi connectivity index (χ1v) is 11.8. The lowest BCUT2D eigenvalue weighted by molar-refractivity contribution is 0.0927. The van der Waals surface area contributed by atoms with Crippen LogP contribution in [0.3, 0.4) is 0 Å². The number of carbonyl (C=O) groups excluding carboxylic acids is 1. The highest BCUT2D eigenvalue weighted by Crippen LogP contribution is 2.35. The molecule has 3 heterocycles. The molecule has 0 saturated heterocycles. The van der Waals surface area contributed by atoms with Crippen molar-refractivity contribution in [2.45, 2.75) is 42.3 Å². The molecule has 7 nitrogen and oxygen atoms in total. The van der Waals surface area contributed by atoms with Gasteiger partial charge in [0.15, 0.2) is 5.76 Å². The molecule has 5 rings (SSSR count). The third-order valence-electron chi connectivity index (χ3n) is 5.06. The van der Waals surface area contributed by atoms with Crippen LogP contribution in [-0.4, -0.2) is 32.2 Å².